The van der Waals surface area contributed by atoms with Crippen LogP contribution >= 0.6 is 11.8 Å². The quantitative estimate of drug-likeness (QED) is 0.513. The first-order chi connectivity index (χ1) is 11.1. The van der Waals surface area contributed by atoms with Crippen molar-refractivity contribution in [1.29, 1.82) is 0 Å². The number of thioether (sulfide) groups is 1. The number of hydrogen-bond acceptors (Lipinski definition) is 4. The van der Waals surface area contributed by atoms with Gasteiger partial charge in [-0.25, -0.2) is 10.2 Å². The minimum absolute atomic E-state index is 0.400. The number of rotatable bonds is 4. The Morgan fingerprint density at radius 1 is 0.957 bits per heavy atom. The van der Waals surface area contributed by atoms with Crippen molar-refractivity contribution in [3.05, 3.63) is 54.1 Å². The molecular weight excluding hydrogens is 312 g/mol. The van der Waals surface area contributed by atoms with Crippen LogP contribution in [0.3, 0.4) is 0 Å². The van der Waals surface area contributed by atoms with Crippen molar-refractivity contribution in [2.45, 2.75) is 4.90 Å². The second kappa shape index (κ2) is 8.09. The molecule has 6 nitrogen and oxygen atoms in total. The standard InChI is InChI=1S/C16H18N4O2S/c1-17-14-6-4-3-5-13(14)15(21)19-20-16(22)18-11-7-9-12(23-2)10-8-11/h3-10,17H,1-2H3,(H,19,21)(H2,18,20,22). The molecule has 0 saturated heterocycles. The Hall–Kier alpha value is -2.67. The summed E-state index contributed by atoms with van der Waals surface area (Å²) in [5.74, 6) is -0.400. The van der Waals surface area contributed by atoms with E-state index in [9.17, 15) is 9.59 Å². The molecule has 0 spiro atoms. The van der Waals surface area contributed by atoms with Crippen molar-refractivity contribution in [1.82, 2.24) is 10.9 Å². The van der Waals surface area contributed by atoms with Crippen molar-refractivity contribution in [2.75, 3.05) is 23.9 Å². The van der Waals surface area contributed by atoms with E-state index >= 15 is 0 Å². The average molecular weight is 330 g/mol. The molecule has 0 aliphatic heterocycles. The summed E-state index contributed by atoms with van der Waals surface area (Å²) in [6.45, 7) is 0. The fraction of sp³-hybridized carbons (Fsp3) is 0.125. The largest absolute Gasteiger partial charge is 0.387 e. The second-order valence-corrected chi connectivity index (χ2v) is 5.44. The fourth-order valence-corrected chi connectivity index (χ4v) is 2.32. The summed E-state index contributed by atoms with van der Waals surface area (Å²) in [6, 6.07) is 13.9. The van der Waals surface area contributed by atoms with Gasteiger partial charge in [0.2, 0.25) is 0 Å². The highest BCUT2D eigenvalue weighted by Crippen LogP contribution is 2.17. The van der Waals surface area contributed by atoms with Gasteiger partial charge >= 0.3 is 6.03 Å². The smallest absolute Gasteiger partial charge is 0.337 e. The van der Waals surface area contributed by atoms with E-state index in [0.29, 0.717) is 16.9 Å². The monoisotopic (exact) mass is 330 g/mol. The summed E-state index contributed by atoms with van der Waals surface area (Å²) >= 11 is 1.62. The van der Waals surface area contributed by atoms with Crippen LogP contribution in [0.4, 0.5) is 16.2 Å². The first kappa shape index (κ1) is 16.7. The number of anilines is 2. The predicted octanol–water partition coefficient (Wildman–Crippen LogP) is 2.92. The zero-order chi connectivity index (χ0) is 16.7. The topological polar surface area (TPSA) is 82.3 Å². The summed E-state index contributed by atoms with van der Waals surface area (Å²) in [4.78, 5) is 25.0. The third-order valence-electron chi connectivity index (χ3n) is 3.08. The average Bonchev–Trinajstić information content (AvgIpc) is 2.60. The highest BCUT2D eigenvalue weighted by Gasteiger charge is 2.10. The summed E-state index contributed by atoms with van der Waals surface area (Å²) in [5.41, 5.74) is 6.47. The normalized spacial score (nSPS) is 9.83. The molecule has 0 bridgehead atoms. The Morgan fingerprint density at radius 2 is 1.65 bits per heavy atom. The molecule has 0 radical (unpaired) electrons. The molecule has 0 heterocycles. The van der Waals surface area contributed by atoms with Gasteiger partial charge in [0.1, 0.15) is 0 Å². The van der Waals surface area contributed by atoms with Crippen LogP contribution in [0.5, 0.6) is 0 Å². The predicted molar refractivity (Wildman–Crippen MR) is 93.8 cm³/mol. The van der Waals surface area contributed by atoms with E-state index in [4.69, 9.17) is 0 Å². The summed E-state index contributed by atoms with van der Waals surface area (Å²) in [5, 5.41) is 5.56. The van der Waals surface area contributed by atoms with Gasteiger partial charge in [-0.1, -0.05) is 12.1 Å². The zero-order valence-corrected chi connectivity index (χ0v) is 13.7. The van der Waals surface area contributed by atoms with Gasteiger partial charge in [0.05, 0.1) is 5.56 Å². The maximum absolute atomic E-state index is 12.1. The number of benzene rings is 2. The van der Waals surface area contributed by atoms with E-state index in [1.807, 2.05) is 24.5 Å². The maximum Gasteiger partial charge on any atom is 0.337 e. The van der Waals surface area contributed by atoms with Gasteiger partial charge in [0, 0.05) is 23.3 Å². The van der Waals surface area contributed by atoms with E-state index in [-0.39, 0.29) is 0 Å². The molecule has 7 heteroatoms. The lowest BCUT2D eigenvalue weighted by Crippen LogP contribution is -2.44. The number of para-hydroxylation sites is 1. The molecule has 2 aromatic rings. The maximum atomic E-state index is 12.1. The molecule has 0 atom stereocenters. The number of carbonyl (C=O) groups excluding carboxylic acids is 2. The Morgan fingerprint density at radius 3 is 2.30 bits per heavy atom. The molecule has 23 heavy (non-hydrogen) atoms. The molecule has 0 saturated carbocycles. The van der Waals surface area contributed by atoms with Gasteiger partial charge in [-0.2, -0.15) is 0 Å². The highest BCUT2D eigenvalue weighted by atomic mass is 32.2. The van der Waals surface area contributed by atoms with Crippen molar-refractivity contribution >= 4 is 35.1 Å². The molecule has 0 fully saturated rings. The molecule has 2 rings (SSSR count). The molecule has 0 aromatic heterocycles. The van der Waals surface area contributed by atoms with E-state index in [0.717, 1.165) is 4.90 Å². The van der Waals surface area contributed by atoms with Gasteiger partial charge < -0.3 is 10.6 Å². The molecule has 0 aliphatic rings. The molecule has 3 amide bonds. The number of hydrazine groups is 1. The van der Waals surface area contributed by atoms with Gasteiger partial charge in [-0.05, 0) is 42.7 Å². The van der Waals surface area contributed by atoms with Crippen LogP contribution in [0.1, 0.15) is 10.4 Å². The van der Waals surface area contributed by atoms with E-state index < -0.39 is 11.9 Å². The van der Waals surface area contributed by atoms with E-state index in [1.54, 1.807) is 49.1 Å². The Balaban J connectivity index is 1.89. The minimum atomic E-state index is -0.516. The van der Waals surface area contributed by atoms with Crippen LogP contribution in [0.15, 0.2) is 53.4 Å². The van der Waals surface area contributed by atoms with Crippen LogP contribution in [-0.2, 0) is 0 Å². The lowest BCUT2D eigenvalue weighted by Gasteiger charge is -2.11. The number of urea groups is 1. The SMILES string of the molecule is CNc1ccccc1C(=O)NNC(=O)Nc1ccc(SC)cc1. The Kier molecular flexibility index (Phi) is 5.87. The third-order valence-corrected chi connectivity index (χ3v) is 3.82. The molecule has 2 aromatic carbocycles. The van der Waals surface area contributed by atoms with Crippen LogP contribution in [0.2, 0.25) is 0 Å². The van der Waals surface area contributed by atoms with Gasteiger partial charge in [0.15, 0.2) is 0 Å². The number of amides is 3. The van der Waals surface area contributed by atoms with Crippen molar-refractivity contribution in [2.24, 2.45) is 0 Å². The van der Waals surface area contributed by atoms with E-state index in [2.05, 4.69) is 21.5 Å². The lowest BCUT2D eigenvalue weighted by molar-refractivity contribution is 0.0938. The molecule has 4 N–H and O–H groups in total. The summed E-state index contributed by atoms with van der Waals surface area (Å²) in [7, 11) is 1.73. The molecule has 120 valence electrons. The minimum Gasteiger partial charge on any atom is -0.387 e. The number of nitrogens with one attached hydrogen (secondary N) is 4. The Bertz CT molecular complexity index is 689. The van der Waals surface area contributed by atoms with E-state index in [1.165, 1.54) is 0 Å². The van der Waals surface area contributed by atoms with Crippen molar-refractivity contribution in [3.63, 3.8) is 0 Å². The first-order valence-electron chi connectivity index (χ1n) is 6.92. The molecule has 0 aliphatic carbocycles. The van der Waals surface area contributed by atoms with Crippen LogP contribution in [-0.4, -0.2) is 25.2 Å². The van der Waals surface area contributed by atoms with Gasteiger partial charge in [-0.15, -0.1) is 11.8 Å². The third kappa shape index (κ3) is 4.65. The molecular formula is C16H18N4O2S. The first-order valence-corrected chi connectivity index (χ1v) is 8.14. The van der Waals surface area contributed by atoms with Crippen molar-refractivity contribution < 1.29 is 9.59 Å². The number of carbonyl (C=O) groups is 2. The van der Waals surface area contributed by atoms with Gasteiger partial charge in [-0.3, -0.25) is 10.2 Å². The van der Waals surface area contributed by atoms with Crippen LogP contribution < -0.4 is 21.5 Å². The lowest BCUT2D eigenvalue weighted by atomic mass is 10.1. The van der Waals surface area contributed by atoms with Crippen LogP contribution in [0.25, 0.3) is 0 Å². The van der Waals surface area contributed by atoms with Crippen LogP contribution in [0, 0.1) is 0 Å². The van der Waals surface area contributed by atoms with Crippen molar-refractivity contribution in [3.8, 4) is 0 Å². The second-order valence-electron chi connectivity index (χ2n) is 4.56. The number of hydrogen-bond donors (Lipinski definition) is 4. The highest BCUT2D eigenvalue weighted by molar-refractivity contribution is 7.98. The van der Waals surface area contributed by atoms with Gasteiger partial charge in [0.25, 0.3) is 5.91 Å². The summed E-state index contributed by atoms with van der Waals surface area (Å²) in [6.07, 6.45) is 1.98. The fourth-order valence-electron chi connectivity index (χ4n) is 1.92. The molecule has 0 unspecified atom stereocenters. The summed E-state index contributed by atoms with van der Waals surface area (Å²) < 4.78 is 0. The zero-order valence-electron chi connectivity index (χ0n) is 12.8. The Labute approximate surface area is 139 Å².